The summed E-state index contributed by atoms with van der Waals surface area (Å²) in [6, 6.07) is 2.42. The van der Waals surface area contributed by atoms with Gasteiger partial charge in [0.25, 0.3) is 0 Å². The number of rotatable bonds is 16. The minimum absolute atomic E-state index is 0.849. The van der Waals surface area contributed by atoms with Crippen LogP contribution in [0.4, 0.5) is 0 Å². The molecule has 0 aromatic rings. The molecule has 152 valence electrons. The number of hydrogen-bond donors (Lipinski definition) is 1. The van der Waals surface area contributed by atoms with Gasteiger partial charge in [-0.1, -0.05) is 83.8 Å². The van der Waals surface area contributed by atoms with Crippen molar-refractivity contribution in [2.75, 3.05) is 6.54 Å². The van der Waals surface area contributed by atoms with Crippen molar-refractivity contribution < 1.29 is 0 Å². The summed E-state index contributed by atoms with van der Waals surface area (Å²) in [7, 11) is 0. The molecule has 0 saturated carbocycles. The van der Waals surface area contributed by atoms with Crippen LogP contribution in [-0.4, -0.2) is 6.54 Å². The molecule has 0 fully saturated rings. The van der Waals surface area contributed by atoms with Crippen molar-refractivity contribution in [2.24, 2.45) is 5.73 Å². The lowest BCUT2D eigenvalue weighted by Crippen LogP contribution is -2.03. The second-order valence-electron chi connectivity index (χ2n) is 7.97. The molecule has 0 aliphatic heterocycles. The second kappa shape index (κ2) is 15.7. The summed E-state index contributed by atoms with van der Waals surface area (Å²) in [5.74, 6) is 0. The monoisotopic (exact) mass is 370 g/mol. The van der Waals surface area contributed by atoms with Gasteiger partial charge in [-0.2, -0.15) is 5.26 Å². The van der Waals surface area contributed by atoms with Crippen molar-refractivity contribution in [1.29, 1.82) is 5.26 Å². The molecule has 2 nitrogen and oxygen atoms in total. The summed E-state index contributed by atoms with van der Waals surface area (Å²) in [6.45, 7) is 7.19. The molecule has 0 spiro atoms. The zero-order chi connectivity index (χ0) is 19.7. The lowest BCUT2D eigenvalue weighted by molar-refractivity contribution is 0.541. The average molecular weight is 371 g/mol. The highest BCUT2D eigenvalue weighted by Gasteiger charge is 2.17. The third kappa shape index (κ3) is 9.96. The molecular formula is C25H42N2. The van der Waals surface area contributed by atoms with Crippen molar-refractivity contribution >= 4 is 0 Å². The van der Waals surface area contributed by atoms with Gasteiger partial charge in [0, 0.05) is 5.57 Å². The van der Waals surface area contributed by atoms with E-state index in [9.17, 15) is 5.26 Å². The van der Waals surface area contributed by atoms with Crippen LogP contribution in [0.2, 0.25) is 0 Å². The molecule has 0 unspecified atom stereocenters. The first-order valence-electron chi connectivity index (χ1n) is 11.5. The van der Waals surface area contributed by atoms with E-state index in [1.165, 1.54) is 88.2 Å². The van der Waals surface area contributed by atoms with Gasteiger partial charge in [-0.15, -0.1) is 0 Å². The van der Waals surface area contributed by atoms with E-state index < -0.39 is 0 Å². The smallest absolute Gasteiger partial charge is 0.0953 e. The molecule has 0 bridgehead atoms. The van der Waals surface area contributed by atoms with Crippen LogP contribution in [0.3, 0.4) is 0 Å². The summed E-state index contributed by atoms with van der Waals surface area (Å²) in [4.78, 5) is 0. The maximum absolute atomic E-state index is 9.43. The molecule has 1 aliphatic rings. The number of nitrogens with zero attached hydrogens (tertiary/aromatic N) is 1. The zero-order valence-corrected chi connectivity index (χ0v) is 17.8. The lowest BCUT2D eigenvalue weighted by Gasteiger charge is -2.20. The number of allylic oxidation sites excluding steroid dienone is 5. The molecular weight excluding hydrogens is 328 g/mol. The van der Waals surface area contributed by atoms with E-state index in [1.807, 2.05) is 0 Å². The summed E-state index contributed by atoms with van der Waals surface area (Å²) >= 11 is 0. The van der Waals surface area contributed by atoms with Gasteiger partial charge in [0.2, 0.25) is 0 Å². The molecule has 0 aromatic heterocycles. The fourth-order valence-electron chi connectivity index (χ4n) is 4.00. The Morgan fingerprint density at radius 2 is 1.48 bits per heavy atom. The number of nitrogens with two attached hydrogens (primary N) is 1. The number of nitriles is 1. The first-order chi connectivity index (χ1) is 13.2. The van der Waals surface area contributed by atoms with E-state index in [0.717, 1.165) is 43.4 Å². The molecule has 0 saturated heterocycles. The van der Waals surface area contributed by atoms with Crippen molar-refractivity contribution in [3.05, 3.63) is 34.9 Å². The second-order valence-corrected chi connectivity index (χ2v) is 7.97. The fraction of sp³-hybridized carbons (Fsp3) is 0.720. The molecule has 2 heteroatoms. The first-order valence-corrected chi connectivity index (χ1v) is 11.5. The van der Waals surface area contributed by atoms with Crippen LogP contribution >= 0.6 is 0 Å². The van der Waals surface area contributed by atoms with Crippen LogP contribution in [0.15, 0.2) is 34.9 Å². The van der Waals surface area contributed by atoms with Crippen molar-refractivity contribution in [3.63, 3.8) is 0 Å². The summed E-state index contributed by atoms with van der Waals surface area (Å²) < 4.78 is 0. The molecule has 0 heterocycles. The van der Waals surface area contributed by atoms with Crippen LogP contribution < -0.4 is 5.73 Å². The van der Waals surface area contributed by atoms with Crippen LogP contribution in [0.25, 0.3) is 0 Å². The van der Waals surface area contributed by atoms with E-state index >= 15 is 0 Å². The third-order valence-corrected chi connectivity index (χ3v) is 5.72. The zero-order valence-electron chi connectivity index (χ0n) is 17.8. The van der Waals surface area contributed by atoms with Gasteiger partial charge in [0.05, 0.1) is 6.07 Å². The Labute approximate surface area is 168 Å². The molecule has 0 amide bonds. The van der Waals surface area contributed by atoms with E-state index in [1.54, 1.807) is 0 Å². The quantitative estimate of drug-likeness (QED) is 0.285. The van der Waals surface area contributed by atoms with Crippen molar-refractivity contribution in [2.45, 2.75) is 110 Å². The molecule has 0 radical (unpaired) electrons. The highest BCUT2D eigenvalue weighted by Crippen LogP contribution is 2.34. The SMILES string of the molecule is C=C(CC)C1=C(C#N)CCC=C1CCCCCCCCCCCCCCN. The molecule has 0 atom stereocenters. The van der Waals surface area contributed by atoms with Gasteiger partial charge in [-0.25, -0.2) is 0 Å². The maximum atomic E-state index is 9.43. The van der Waals surface area contributed by atoms with Gasteiger partial charge < -0.3 is 5.73 Å². The van der Waals surface area contributed by atoms with Gasteiger partial charge in [-0.3, -0.25) is 0 Å². The Bertz CT molecular complexity index is 519. The third-order valence-electron chi connectivity index (χ3n) is 5.72. The van der Waals surface area contributed by atoms with E-state index in [2.05, 4.69) is 25.6 Å². The Balaban J connectivity index is 2.09. The Morgan fingerprint density at radius 1 is 0.963 bits per heavy atom. The van der Waals surface area contributed by atoms with Crippen LogP contribution in [-0.2, 0) is 0 Å². The minimum Gasteiger partial charge on any atom is -0.330 e. The molecule has 27 heavy (non-hydrogen) atoms. The van der Waals surface area contributed by atoms with Gasteiger partial charge in [0.15, 0.2) is 0 Å². The van der Waals surface area contributed by atoms with Crippen LogP contribution in [0.5, 0.6) is 0 Å². The fourth-order valence-corrected chi connectivity index (χ4v) is 4.00. The Kier molecular flexibility index (Phi) is 13.8. The molecule has 1 rings (SSSR count). The lowest BCUT2D eigenvalue weighted by atomic mass is 9.84. The number of hydrogen-bond acceptors (Lipinski definition) is 2. The first kappa shape index (κ1) is 23.7. The number of unbranched alkanes of at least 4 members (excludes halogenated alkanes) is 11. The standard InChI is InChI=1S/C25H42N2/c1-3-22(2)25-23(18-16-19-24(25)21-27)17-14-12-10-8-6-4-5-7-9-11-13-15-20-26/h18H,2-17,19-20,26H2,1H3. The minimum atomic E-state index is 0.849. The maximum Gasteiger partial charge on any atom is 0.0953 e. The van der Waals surface area contributed by atoms with Crippen LogP contribution in [0, 0.1) is 11.3 Å². The van der Waals surface area contributed by atoms with Gasteiger partial charge >= 0.3 is 0 Å². The predicted octanol–water partition coefficient (Wildman–Crippen LogP) is 7.52. The Morgan fingerprint density at radius 3 is 1.96 bits per heavy atom. The molecule has 2 N–H and O–H groups in total. The van der Waals surface area contributed by atoms with E-state index in [4.69, 9.17) is 5.73 Å². The van der Waals surface area contributed by atoms with E-state index in [-0.39, 0.29) is 0 Å². The van der Waals surface area contributed by atoms with E-state index in [0.29, 0.717) is 0 Å². The molecule has 0 aromatic carbocycles. The van der Waals surface area contributed by atoms with Gasteiger partial charge in [-0.05, 0) is 61.8 Å². The highest BCUT2D eigenvalue weighted by molar-refractivity contribution is 5.54. The predicted molar refractivity (Wildman–Crippen MR) is 118 cm³/mol. The van der Waals surface area contributed by atoms with Gasteiger partial charge in [0.1, 0.15) is 0 Å². The van der Waals surface area contributed by atoms with Crippen molar-refractivity contribution in [1.82, 2.24) is 0 Å². The summed E-state index contributed by atoms with van der Waals surface area (Å²) in [5, 5.41) is 9.43. The normalized spacial score (nSPS) is 14.2. The highest BCUT2D eigenvalue weighted by atomic mass is 14.5. The topological polar surface area (TPSA) is 49.8 Å². The molecule has 1 aliphatic carbocycles. The average Bonchev–Trinajstić information content (AvgIpc) is 2.70. The van der Waals surface area contributed by atoms with Crippen LogP contribution in [0.1, 0.15) is 110 Å². The summed E-state index contributed by atoms with van der Waals surface area (Å²) in [5.41, 5.74) is 10.2. The van der Waals surface area contributed by atoms with Crippen molar-refractivity contribution in [3.8, 4) is 6.07 Å². The summed E-state index contributed by atoms with van der Waals surface area (Å²) in [6.07, 6.45) is 22.4. The largest absolute Gasteiger partial charge is 0.330 e. The Hall–Kier alpha value is -1.33.